The van der Waals surface area contributed by atoms with Crippen LogP contribution in [0.1, 0.15) is 12.8 Å². The van der Waals surface area contributed by atoms with Crippen molar-refractivity contribution < 1.29 is 27.9 Å². The van der Waals surface area contributed by atoms with Gasteiger partial charge in [0.1, 0.15) is 0 Å². The molecule has 87 valence electrons. The van der Waals surface area contributed by atoms with Crippen LogP contribution in [0.5, 0.6) is 0 Å². The van der Waals surface area contributed by atoms with E-state index in [0.29, 0.717) is 0 Å². The van der Waals surface area contributed by atoms with Gasteiger partial charge in [0.25, 0.3) is 0 Å². The lowest BCUT2D eigenvalue weighted by Gasteiger charge is -2.21. The molecule has 1 atom stereocenters. The molecule has 0 saturated carbocycles. The van der Waals surface area contributed by atoms with Crippen LogP contribution in [0.2, 0.25) is 0 Å². The molecule has 0 aromatic heterocycles. The standard InChI is InChI=1S/C8H14O6P/c1-12-8(10)7(5-4-6-9)15(11,13-2)14-3/h7H,4-5H2,1-3H3. The van der Waals surface area contributed by atoms with Crippen LogP contribution in [0.3, 0.4) is 0 Å². The molecule has 0 N–H and O–H groups in total. The fraction of sp³-hybridized carbons (Fsp3) is 0.750. The maximum Gasteiger partial charge on any atom is 0.344 e. The lowest BCUT2D eigenvalue weighted by atomic mass is 10.2. The largest absolute Gasteiger partial charge is 0.468 e. The quantitative estimate of drug-likeness (QED) is 0.483. The second kappa shape index (κ2) is 6.71. The van der Waals surface area contributed by atoms with Gasteiger partial charge in [-0.05, 0) is 6.42 Å². The van der Waals surface area contributed by atoms with Gasteiger partial charge in [0.2, 0.25) is 0 Å². The Bertz CT molecular complexity index is 256. The highest BCUT2D eigenvalue weighted by atomic mass is 31.2. The summed E-state index contributed by atoms with van der Waals surface area (Å²) in [4.78, 5) is 21.4. The summed E-state index contributed by atoms with van der Waals surface area (Å²) < 4.78 is 25.7. The fourth-order valence-electron chi connectivity index (χ4n) is 1.07. The first-order chi connectivity index (χ1) is 7.05. The van der Waals surface area contributed by atoms with Gasteiger partial charge in [-0.25, -0.2) is 0 Å². The highest BCUT2D eigenvalue weighted by molar-refractivity contribution is 7.55. The normalized spacial score (nSPS) is 13.3. The molecule has 0 aromatic carbocycles. The Morgan fingerprint density at radius 1 is 1.33 bits per heavy atom. The molecule has 0 rings (SSSR count). The van der Waals surface area contributed by atoms with E-state index < -0.39 is 19.2 Å². The van der Waals surface area contributed by atoms with Crippen LogP contribution in [0.15, 0.2) is 0 Å². The summed E-state index contributed by atoms with van der Waals surface area (Å²) >= 11 is 0. The minimum Gasteiger partial charge on any atom is -0.468 e. The van der Waals surface area contributed by atoms with Gasteiger partial charge in [0, 0.05) is 20.6 Å². The van der Waals surface area contributed by atoms with Crippen LogP contribution in [-0.4, -0.2) is 39.2 Å². The van der Waals surface area contributed by atoms with Gasteiger partial charge in [0.15, 0.2) is 11.9 Å². The Kier molecular flexibility index (Phi) is 6.40. The predicted octanol–water partition coefficient (Wildman–Crippen LogP) is 0.904. The van der Waals surface area contributed by atoms with Crippen molar-refractivity contribution in [3.63, 3.8) is 0 Å². The van der Waals surface area contributed by atoms with Crippen molar-refractivity contribution in [3.05, 3.63) is 0 Å². The molecule has 15 heavy (non-hydrogen) atoms. The molecular formula is C8H14O6P. The van der Waals surface area contributed by atoms with Crippen molar-refractivity contribution in [2.24, 2.45) is 0 Å². The average Bonchev–Trinajstić information content (AvgIpc) is 2.28. The molecule has 0 bridgehead atoms. The summed E-state index contributed by atoms with van der Waals surface area (Å²) in [6.45, 7) is 0. The average molecular weight is 237 g/mol. The van der Waals surface area contributed by atoms with E-state index in [1.165, 1.54) is 14.2 Å². The number of methoxy groups -OCH3 is 1. The van der Waals surface area contributed by atoms with Gasteiger partial charge in [-0.1, -0.05) is 0 Å². The molecule has 0 spiro atoms. The molecule has 0 amide bonds. The first-order valence-electron chi connectivity index (χ1n) is 4.19. The molecule has 0 aromatic rings. The topological polar surface area (TPSA) is 78.9 Å². The number of hydrogen-bond acceptors (Lipinski definition) is 6. The number of esters is 1. The van der Waals surface area contributed by atoms with E-state index in [9.17, 15) is 14.2 Å². The number of hydrogen-bond donors (Lipinski definition) is 0. The lowest BCUT2D eigenvalue weighted by molar-refractivity contribution is -0.140. The van der Waals surface area contributed by atoms with Gasteiger partial charge >= 0.3 is 13.6 Å². The fourth-order valence-corrected chi connectivity index (χ4v) is 2.53. The highest BCUT2D eigenvalue weighted by Crippen LogP contribution is 2.53. The zero-order valence-electron chi connectivity index (χ0n) is 8.89. The maximum absolute atomic E-state index is 11.9. The minimum atomic E-state index is -3.55. The molecule has 1 radical (unpaired) electrons. The molecule has 1 unspecified atom stereocenters. The summed E-state index contributed by atoms with van der Waals surface area (Å²) in [5.74, 6) is -0.725. The van der Waals surface area contributed by atoms with Crippen molar-refractivity contribution in [2.45, 2.75) is 18.5 Å². The summed E-state index contributed by atoms with van der Waals surface area (Å²) in [6.07, 6.45) is 1.60. The summed E-state index contributed by atoms with van der Waals surface area (Å²) in [5, 5.41) is 0. The predicted molar refractivity (Wildman–Crippen MR) is 52.4 cm³/mol. The SMILES string of the molecule is COC(=O)C(CC[C]=O)P(=O)(OC)OC. The first-order valence-corrected chi connectivity index (χ1v) is 5.81. The van der Waals surface area contributed by atoms with Gasteiger partial charge < -0.3 is 13.8 Å². The Morgan fingerprint density at radius 2 is 1.87 bits per heavy atom. The van der Waals surface area contributed by atoms with Crippen molar-refractivity contribution in [3.8, 4) is 0 Å². The monoisotopic (exact) mass is 237 g/mol. The number of rotatable bonds is 7. The number of carbonyl (C=O) groups excluding carboxylic acids is 2. The molecule has 0 saturated heterocycles. The van der Waals surface area contributed by atoms with Crippen LogP contribution < -0.4 is 0 Å². The molecule has 0 aliphatic carbocycles. The Morgan fingerprint density at radius 3 is 2.20 bits per heavy atom. The Labute approximate surface area is 88.4 Å². The van der Waals surface area contributed by atoms with Crippen LogP contribution in [0.4, 0.5) is 0 Å². The Hall–Kier alpha value is -0.710. The van der Waals surface area contributed by atoms with E-state index in [4.69, 9.17) is 0 Å². The molecule has 0 fully saturated rings. The molecule has 0 aliphatic heterocycles. The van der Waals surface area contributed by atoms with E-state index >= 15 is 0 Å². The van der Waals surface area contributed by atoms with Gasteiger partial charge in [-0.15, -0.1) is 0 Å². The van der Waals surface area contributed by atoms with E-state index in [1.807, 2.05) is 0 Å². The van der Waals surface area contributed by atoms with Gasteiger partial charge in [-0.3, -0.25) is 14.2 Å². The van der Waals surface area contributed by atoms with Crippen molar-refractivity contribution in [2.75, 3.05) is 21.3 Å². The highest BCUT2D eigenvalue weighted by Gasteiger charge is 2.40. The molecule has 0 heterocycles. The van der Waals surface area contributed by atoms with Gasteiger partial charge in [0.05, 0.1) is 7.11 Å². The van der Waals surface area contributed by atoms with Gasteiger partial charge in [-0.2, -0.15) is 0 Å². The summed E-state index contributed by atoms with van der Waals surface area (Å²) in [7, 11) is -0.0418. The van der Waals surface area contributed by atoms with Crippen molar-refractivity contribution in [1.29, 1.82) is 0 Å². The zero-order valence-corrected chi connectivity index (χ0v) is 9.78. The van der Waals surface area contributed by atoms with E-state index in [1.54, 1.807) is 6.29 Å². The van der Waals surface area contributed by atoms with Crippen LogP contribution >= 0.6 is 7.60 Å². The minimum absolute atomic E-state index is 0.0229. The third kappa shape index (κ3) is 3.74. The summed E-state index contributed by atoms with van der Waals surface area (Å²) in [6, 6.07) is 0. The smallest absolute Gasteiger partial charge is 0.344 e. The second-order valence-electron chi connectivity index (χ2n) is 2.63. The van der Waals surface area contributed by atoms with Crippen LogP contribution in [0.25, 0.3) is 0 Å². The van der Waals surface area contributed by atoms with E-state index in [2.05, 4.69) is 13.8 Å². The maximum atomic E-state index is 11.9. The molecule has 7 heteroatoms. The molecule has 6 nitrogen and oxygen atoms in total. The Balaban J connectivity index is 4.81. The number of carbonyl (C=O) groups is 1. The van der Waals surface area contributed by atoms with Crippen molar-refractivity contribution >= 4 is 19.9 Å². The number of ether oxygens (including phenoxy) is 1. The third-order valence-electron chi connectivity index (χ3n) is 1.88. The molecule has 0 aliphatic rings. The lowest BCUT2D eigenvalue weighted by Crippen LogP contribution is -2.24. The third-order valence-corrected chi connectivity index (χ3v) is 4.13. The molecular weight excluding hydrogens is 223 g/mol. The van der Waals surface area contributed by atoms with E-state index in [0.717, 1.165) is 7.11 Å². The van der Waals surface area contributed by atoms with Crippen LogP contribution in [0, 0.1) is 0 Å². The van der Waals surface area contributed by atoms with Crippen molar-refractivity contribution in [1.82, 2.24) is 0 Å². The van der Waals surface area contributed by atoms with E-state index in [-0.39, 0.29) is 12.8 Å². The van der Waals surface area contributed by atoms with Crippen LogP contribution in [-0.2, 0) is 27.9 Å². The first kappa shape index (κ1) is 14.3. The zero-order chi connectivity index (χ0) is 11.9. The summed E-state index contributed by atoms with van der Waals surface area (Å²) in [5.41, 5.74) is -1.08. The second-order valence-corrected chi connectivity index (χ2v) is 5.06.